The molecule has 1 aliphatic rings. The van der Waals surface area contributed by atoms with E-state index >= 15 is 0 Å². The van der Waals surface area contributed by atoms with Gasteiger partial charge in [-0.15, -0.1) is 0 Å². The number of thiocarbonyl (C=S) groups is 1. The first-order valence-corrected chi connectivity index (χ1v) is 10.6. The van der Waals surface area contributed by atoms with Gasteiger partial charge in [0.2, 0.25) is 5.75 Å². The predicted octanol–water partition coefficient (Wildman–Crippen LogP) is 4.10. The Bertz CT molecular complexity index is 886. The molecule has 2 aromatic rings. The molecule has 0 spiro atoms. The summed E-state index contributed by atoms with van der Waals surface area (Å²) in [4.78, 5) is 2.09. The monoisotopic (exact) mass is 446 g/mol. The van der Waals surface area contributed by atoms with Crippen LogP contribution in [0.2, 0.25) is 0 Å². The highest BCUT2D eigenvalue weighted by atomic mass is 32.1. The molecule has 3 rings (SSSR count). The smallest absolute Gasteiger partial charge is 0.203 e. The lowest BCUT2D eigenvalue weighted by molar-refractivity contribution is 0.0903. The lowest BCUT2D eigenvalue weighted by Crippen LogP contribution is -2.39. The summed E-state index contributed by atoms with van der Waals surface area (Å²) in [7, 11) is 6.47. The summed E-state index contributed by atoms with van der Waals surface area (Å²) in [5.41, 5.74) is 1.80. The molecule has 0 saturated carbocycles. The molecule has 168 valence electrons. The van der Waals surface area contributed by atoms with E-state index < -0.39 is 0 Å². The van der Waals surface area contributed by atoms with E-state index in [9.17, 15) is 0 Å². The van der Waals surface area contributed by atoms with E-state index in [0.29, 0.717) is 35.5 Å². The molecule has 1 saturated heterocycles. The number of nitrogens with one attached hydrogen (secondary N) is 1. The third-order valence-corrected chi connectivity index (χ3v) is 5.56. The molecule has 0 bridgehead atoms. The first-order valence-electron chi connectivity index (χ1n) is 10.2. The summed E-state index contributed by atoms with van der Waals surface area (Å²) >= 11 is 5.78. The number of hydrogen-bond acceptors (Lipinski definition) is 6. The third kappa shape index (κ3) is 5.71. The second-order valence-corrected chi connectivity index (χ2v) is 7.56. The summed E-state index contributed by atoms with van der Waals surface area (Å²) in [5, 5.41) is 3.92. The van der Waals surface area contributed by atoms with Gasteiger partial charge in [0.15, 0.2) is 16.6 Å². The zero-order valence-corrected chi connectivity index (χ0v) is 19.3. The largest absolute Gasteiger partial charge is 0.497 e. The van der Waals surface area contributed by atoms with Crippen LogP contribution < -0.4 is 24.3 Å². The molecule has 1 fully saturated rings. The van der Waals surface area contributed by atoms with Crippen LogP contribution in [0.15, 0.2) is 36.4 Å². The summed E-state index contributed by atoms with van der Waals surface area (Å²) in [6.45, 7) is 1.99. The summed E-state index contributed by atoms with van der Waals surface area (Å²) in [5.74, 6) is 2.57. The molecule has 31 heavy (non-hydrogen) atoms. The highest BCUT2D eigenvalue weighted by Gasteiger charge is 2.24. The van der Waals surface area contributed by atoms with Gasteiger partial charge in [-0.05, 0) is 49.3 Å². The summed E-state index contributed by atoms with van der Waals surface area (Å²) < 4.78 is 27.8. The quantitative estimate of drug-likeness (QED) is 0.578. The molecule has 2 aromatic carbocycles. The lowest BCUT2D eigenvalue weighted by atomic mass is 10.1. The van der Waals surface area contributed by atoms with Crippen LogP contribution in [0, 0.1) is 0 Å². The van der Waals surface area contributed by atoms with Gasteiger partial charge in [-0.25, -0.2) is 0 Å². The van der Waals surface area contributed by atoms with E-state index in [2.05, 4.69) is 10.2 Å². The van der Waals surface area contributed by atoms with Gasteiger partial charge in [-0.2, -0.15) is 0 Å². The molecule has 8 heteroatoms. The van der Waals surface area contributed by atoms with Crippen molar-refractivity contribution >= 4 is 23.0 Å². The number of benzene rings is 2. The zero-order chi connectivity index (χ0) is 22.2. The van der Waals surface area contributed by atoms with E-state index in [1.165, 1.54) is 0 Å². The van der Waals surface area contributed by atoms with Crippen LogP contribution in [0.3, 0.4) is 0 Å². The summed E-state index contributed by atoms with van der Waals surface area (Å²) in [6.07, 6.45) is 2.21. The van der Waals surface area contributed by atoms with Crippen molar-refractivity contribution in [1.29, 1.82) is 0 Å². The fourth-order valence-corrected chi connectivity index (χ4v) is 3.91. The Labute approximate surface area is 189 Å². The van der Waals surface area contributed by atoms with Crippen LogP contribution in [0.1, 0.15) is 18.4 Å². The maximum absolute atomic E-state index is 5.87. The fraction of sp³-hybridized carbons (Fsp3) is 0.435. The van der Waals surface area contributed by atoms with Gasteiger partial charge in [-0.3, -0.25) is 0 Å². The molecule has 0 aromatic heterocycles. The van der Waals surface area contributed by atoms with Crippen molar-refractivity contribution in [1.82, 2.24) is 4.90 Å². The van der Waals surface area contributed by atoms with Gasteiger partial charge in [-0.1, -0.05) is 6.07 Å². The molecule has 1 heterocycles. The van der Waals surface area contributed by atoms with Crippen LogP contribution in [0.5, 0.6) is 23.0 Å². The molecular weight excluding hydrogens is 416 g/mol. The third-order valence-electron chi connectivity index (χ3n) is 5.20. The van der Waals surface area contributed by atoms with Crippen molar-refractivity contribution in [2.24, 2.45) is 0 Å². The Morgan fingerprint density at radius 1 is 1.06 bits per heavy atom. The Morgan fingerprint density at radius 3 is 2.52 bits per heavy atom. The van der Waals surface area contributed by atoms with Crippen LogP contribution >= 0.6 is 12.2 Å². The number of rotatable bonds is 9. The van der Waals surface area contributed by atoms with E-state index in [1.54, 1.807) is 28.4 Å². The summed E-state index contributed by atoms with van der Waals surface area (Å²) in [6, 6.07) is 11.5. The van der Waals surface area contributed by atoms with Crippen LogP contribution in [-0.2, 0) is 11.3 Å². The molecule has 1 N–H and O–H groups in total. The van der Waals surface area contributed by atoms with E-state index in [4.69, 9.17) is 35.9 Å². The topological polar surface area (TPSA) is 61.4 Å². The van der Waals surface area contributed by atoms with Crippen LogP contribution in [0.25, 0.3) is 0 Å². The maximum Gasteiger partial charge on any atom is 0.203 e. The van der Waals surface area contributed by atoms with Crippen LogP contribution in [-0.4, -0.2) is 57.7 Å². The van der Waals surface area contributed by atoms with Gasteiger partial charge < -0.3 is 33.9 Å². The highest BCUT2D eigenvalue weighted by molar-refractivity contribution is 7.80. The van der Waals surface area contributed by atoms with Crippen molar-refractivity contribution in [3.8, 4) is 23.0 Å². The van der Waals surface area contributed by atoms with Crippen molar-refractivity contribution < 1.29 is 23.7 Å². The average Bonchev–Trinajstić information content (AvgIpc) is 3.31. The zero-order valence-electron chi connectivity index (χ0n) is 18.5. The molecule has 0 amide bonds. The minimum atomic E-state index is 0.135. The Kier molecular flexibility index (Phi) is 8.20. The number of hydrogen-bond donors (Lipinski definition) is 1. The molecule has 0 radical (unpaired) electrons. The first kappa shape index (κ1) is 23.0. The van der Waals surface area contributed by atoms with Gasteiger partial charge in [0.25, 0.3) is 0 Å². The Morgan fingerprint density at radius 2 is 1.87 bits per heavy atom. The lowest BCUT2D eigenvalue weighted by Gasteiger charge is -2.29. The molecule has 1 aliphatic heterocycles. The number of ether oxygens (including phenoxy) is 5. The predicted molar refractivity (Wildman–Crippen MR) is 125 cm³/mol. The van der Waals surface area contributed by atoms with Gasteiger partial charge >= 0.3 is 0 Å². The van der Waals surface area contributed by atoms with Crippen LogP contribution in [0.4, 0.5) is 5.69 Å². The molecular formula is C23H30N2O5S. The van der Waals surface area contributed by atoms with Crippen molar-refractivity contribution in [3.63, 3.8) is 0 Å². The van der Waals surface area contributed by atoms with Crippen molar-refractivity contribution in [2.75, 3.05) is 46.9 Å². The normalized spacial score (nSPS) is 15.3. The van der Waals surface area contributed by atoms with Gasteiger partial charge in [0.1, 0.15) is 5.75 Å². The van der Waals surface area contributed by atoms with E-state index in [-0.39, 0.29) is 6.10 Å². The Balaban J connectivity index is 1.85. The molecule has 1 unspecified atom stereocenters. The van der Waals surface area contributed by atoms with Gasteiger partial charge in [0, 0.05) is 37.0 Å². The van der Waals surface area contributed by atoms with E-state index in [1.807, 2.05) is 36.4 Å². The second kappa shape index (κ2) is 11.1. The van der Waals surface area contributed by atoms with Gasteiger partial charge in [0.05, 0.1) is 34.5 Å². The highest BCUT2D eigenvalue weighted by Crippen LogP contribution is 2.40. The number of anilines is 1. The Hall–Kier alpha value is -2.71. The average molecular weight is 447 g/mol. The number of nitrogens with zero attached hydrogens (tertiary/aromatic N) is 1. The van der Waals surface area contributed by atoms with Crippen molar-refractivity contribution in [3.05, 3.63) is 42.0 Å². The fourth-order valence-electron chi connectivity index (χ4n) is 3.65. The minimum Gasteiger partial charge on any atom is -0.497 e. The van der Waals surface area contributed by atoms with E-state index in [0.717, 1.165) is 36.4 Å². The maximum atomic E-state index is 5.87. The minimum absolute atomic E-state index is 0.135. The molecule has 1 atom stereocenters. The first-order chi connectivity index (χ1) is 15.1. The molecule has 0 aliphatic carbocycles. The van der Waals surface area contributed by atoms with Crippen molar-refractivity contribution in [2.45, 2.75) is 25.5 Å². The second-order valence-electron chi connectivity index (χ2n) is 7.17. The number of methoxy groups -OCH3 is 4. The standard InChI is InChI=1S/C23H30N2O5S/c1-26-18-8-5-7-17(13-18)24-23(31)25(15-19-9-6-12-30-19)14-16-10-11-20(27-2)22(29-4)21(16)28-3/h5,7-8,10-11,13,19H,6,9,12,14-15H2,1-4H3,(H,24,31). The molecule has 7 nitrogen and oxygen atoms in total. The SMILES string of the molecule is COc1cccc(NC(=S)N(Cc2ccc(OC)c(OC)c2OC)CC2CCCO2)c1.